The summed E-state index contributed by atoms with van der Waals surface area (Å²) in [6, 6.07) is -0.922. The van der Waals surface area contributed by atoms with Gasteiger partial charge in [-0.15, -0.1) is 31.4 Å². The predicted molar refractivity (Wildman–Crippen MR) is 82.7 cm³/mol. The molecule has 0 radical (unpaired) electrons. The first-order valence-corrected chi connectivity index (χ1v) is 6.56. The molecule has 0 unspecified atom stereocenters. The van der Waals surface area contributed by atoms with Crippen LogP contribution in [0.3, 0.4) is 0 Å². The van der Waals surface area contributed by atoms with Gasteiger partial charge in [0.05, 0.1) is 0 Å². The highest BCUT2D eigenvalue weighted by Crippen LogP contribution is 2.33. The van der Waals surface area contributed by atoms with Gasteiger partial charge in [-0.25, -0.2) is 22.0 Å². The van der Waals surface area contributed by atoms with E-state index >= 15 is 0 Å². The zero-order chi connectivity index (χ0) is 15.6. The molecule has 1 aromatic carbocycles. The summed E-state index contributed by atoms with van der Waals surface area (Å²) in [4.78, 5) is 1.69. The molecule has 1 aromatic rings. The monoisotopic (exact) mass is 378 g/mol. The summed E-state index contributed by atoms with van der Waals surface area (Å²) in [6.07, 6.45) is 1.50. The van der Waals surface area contributed by atoms with E-state index in [0.29, 0.717) is 26.2 Å². The molecule has 2 nitrogen and oxygen atoms in total. The Balaban J connectivity index is 0.00000242. The van der Waals surface area contributed by atoms with Crippen LogP contribution in [0.1, 0.15) is 18.0 Å². The highest BCUT2D eigenvalue weighted by atomic mass is 35.5. The number of hydrogen-bond acceptors (Lipinski definition) is 2. The molecule has 0 aliphatic carbocycles. The Hall–Kier alpha value is -0.890. The lowest BCUT2D eigenvalue weighted by atomic mass is 9.99. The van der Waals surface area contributed by atoms with Gasteiger partial charge in [-0.2, -0.15) is 0 Å². The smallest absolute Gasteiger partial charge is 0.200 e. The van der Waals surface area contributed by atoms with Crippen molar-refractivity contribution in [1.29, 1.82) is 0 Å². The molecule has 1 aliphatic heterocycles. The molecule has 1 atom stereocenters. The lowest BCUT2D eigenvalue weighted by Crippen LogP contribution is -2.45. The molecule has 9 heteroatoms. The fourth-order valence-corrected chi connectivity index (χ4v) is 2.52. The third kappa shape index (κ3) is 4.35. The first kappa shape index (κ1) is 22.1. The maximum atomic E-state index is 13.9. The van der Waals surface area contributed by atoms with E-state index in [1.54, 1.807) is 4.90 Å². The Morgan fingerprint density at radius 3 is 1.78 bits per heavy atom. The Kier molecular flexibility index (Phi) is 9.05. The van der Waals surface area contributed by atoms with Crippen LogP contribution in [0, 0.1) is 29.1 Å². The highest BCUT2D eigenvalue weighted by Gasteiger charge is 2.33. The van der Waals surface area contributed by atoms with Crippen LogP contribution in [0.5, 0.6) is 0 Å². The van der Waals surface area contributed by atoms with Gasteiger partial charge in [0, 0.05) is 37.8 Å². The SMILES string of the molecule is C=CC[C@@H](c1c(F)c(F)c(F)c(F)c1F)N1CCNCC1.Cl.Cl. The summed E-state index contributed by atoms with van der Waals surface area (Å²) in [7, 11) is 0. The van der Waals surface area contributed by atoms with Gasteiger partial charge in [0.15, 0.2) is 23.3 Å². The third-order valence-corrected chi connectivity index (χ3v) is 3.56. The molecule has 1 fully saturated rings. The highest BCUT2D eigenvalue weighted by molar-refractivity contribution is 5.85. The van der Waals surface area contributed by atoms with E-state index in [9.17, 15) is 22.0 Å². The molecule has 1 saturated heterocycles. The van der Waals surface area contributed by atoms with Gasteiger partial charge in [-0.05, 0) is 6.42 Å². The van der Waals surface area contributed by atoms with Crippen molar-refractivity contribution in [2.75, 3.05) is 26.2 Å². The third-order valence-electron chi connectivity index (χ3n) is 3.56. The first-order chi connectivity index (χ1) is 9.99. The van der Waals surface area contributed by atoms with Crippen LogP contribution < -0.4 is 5.32 Å². The van der Waals surface area contributed by atoms with Crippen molar-refractivity contribution in [2.24, 2.45) is 0 Å². The number of hydrogen-bond donors (Lipinski definition) is 1. The predicted octanol–water partition coefficient (Wildman–Crippen LogP) is 3.75. The van der Waals surface area contributed by atoms with Crippen LogP contribution in [0.4, 0.5) is 22.0 Å². The Bertz CT molecular complexity index is 521. The minimum Gasteiger partial charge on any atom is -0.314 e. The molecule has 23 heavy (non-hydrogen) atoms. The van der Waals surface area contributed by atoms with Crippen LogP contribution in [0.15, 0.2) is 12.7 Å². The van der Waals surface area contributed by atoms with E-state index in [1.165, 1.54) is 6.08 Å². The molecule has 1 heterocycles. The van der Waals surface area contributed by atoms with E-state index in [4.69, 9.17) is 0 Å². The van der Waals surface area contributed by atoms with Crippen molar-refractivity contribution >= 4 is 24.8 Å². The van der Waals surface area contributed by atoms with Crippen LogP contribution >= 0.6 is 24.8 Å². The average molecular weight is 379 g/mol. The molecule has 132 valence electrons. The lowest BCUT2D eigenvalue weighted by molar-refractivity contribution is 0.165. The second kappa shape index (κ2) is 9.42. The summed E-state index contributed by atoms with van der Waals surface area (Å²) in [5.41, 5.74) is -0.784. The lowest BCUT2D eigenvalue weighted by Gasteiger charge is -2.35. The van der Waals surface area contributed by atoms with E-state index in [-0.39, 0.29) is 31.2 Å². The zero-order valence-corrected chi connectivity index (χ0v) is 13.7. The van der Waals surface area contributed by atoms with Crippen molar-refractivity contribution in [3.63, 3.8) is 0 Å². The number of rotatable bonds is 4. The van der Waals surface area contributed by atoms with Crippen LogP contribution in [0.2, 0.25) is 0 Å². The number of nitrogens with zero attached hydrogens (tertiary/aromatic N) is 1. The number of benzene rings is 1. The Morgan fingerprint density at radius 2 is 1.35 bits per heavy atom. The van der Waals surface area contributed by atoms with E-state index in [0.717, 1.165) is 0 Å². The molecule has 0 spiro atoms. The zero-order valence-electron chi connectivity index (χ0n) is 12.1. The fourth-order valence-electron chi connectivity index (χ4n) is 2.52. The number of piperazine rings is 1. The standard InChI is InChI=1S/C14H15F5N2.2ClH/c1-2-3-8(21-6-4-20-5-7-21)9-10(15)12(17)14(19)13(18)11(9)16;;/h2,8,20H,1,3-7H2;2*1H/t8-;;/m0../s1. The van der Waals surface area contributed by atoms with Crippen LogP contribution in [-0.2, 0) is 0 Å². The second-order valence-electron chi connectivity index (χ2n) is 4.81. The van der Waals surface area contributed by atoms with Gasteiger partial charge in [-0.1, -0.05) is 6.08 Å². The van der Waals surface area contributed by atoms with E-state index in [1.807, 2.05) is 0 Å². The van der Waals surface area contributed by atoms with E-state index < -0.39 is 40.7 Å². The summed E-state index contributed by atoms with van der Waals surface area (Å²) in [5, 5.41) is 3.06. The minimum absolute atomic E-state index is 0. The number of nitrogens with one attached hydrogen (secondary N) is 1. The van der Waals surface area contributed by atoms with Crippen molar-refractivity contribution in [3.05, 3.63) is 47.3 Å². The normalized spacial score (nSPS) is 16.2. The van der Waals surface area contributed by atoms with Crippen LogP contribution in [-0.4, -0.2) is 31.1 Å². The van der Waals surface area contributed by atoms with Gasteiger partial charge in [-0.3, -0.25) is 4.90 Å². The fraction of sp³-hybridized carbons (Fsp3) is 0.429. The minimum atomic E-state index is -2.13. The average Bonchev–Trinajstić information content (AvgIpc) is 2.51. The molecule has 0 aromatic heterocycles. The van der Waals surface area contributed by atoms with Gasteiger partial charge >= 0.3 is 0 Å². The molecule has 0 saturated carbocycles. The molecular weight excluding hydrogens is 362 g/mol. The first-order valence-electron chi connectivity index (χ1n) is 6.56. The topological polar surface area (TPSA) is 15.3 Å². The van der Waals surface area contributed by atoms with Gasteiger partial charge in [0.2, 0.25) is 5.82 Å². The van der Waals surface area contributed by atoms with Gasteiger partial charge < -0.3 is 5.32 Å². The molecule has 0 bridgehead atoms. The maximum Gasteiger partial charge on any atom is 0.200 e. The Morgan fingerprint density at radius 1 is 0.913 bits per heavy atom. The van der Waals surface area contributed by atoms with E-state index in [2.05, 4.69) is 11.9 Å². The van der Waals surface area contributed by atoms with Crippen molar-refractivity contribution in [1.82, 2.24) is 10.2 Å². The molecule has 1 aliphatic rings. The van der Waals surface area contributed by atoms with Crippen LogP contribution in [0.25, 0.3) is 0 Å². The maximum absolute atomic E-state index is 13.9. The molecular formula is C14H17Cl2F5N2. The van der Waals surface area contributed by atoms with Crippen molar-refractivity contribution < 1.29 is 22.0 Å². The molecule has 0 amide bonds. The summed E-state index contributed by atoms with van der Waals surface area (Å²) < 4.78 is 67.7. The quantitative estimate of drug-likeness (QED) is 0.371. The largest absolute Gasteiger partial charge is 0.314 e. The summed E-state index contributed by atoms with van der Waals surface area (Å²) >= 11 is 0. The van der Waals surface area contributed by atoms with Crippen molar-refractivity contribution in [2.45, 2.75) is 12.5 Å². The molecule has 2 rings (SSSR count). The number of halogens is 7. The Labute approximate surface area is 143 Å². The summed E-state index contributed by atoms with van der Waals surface area (Å²) in [5.74, 6) is -9.49. The molecule has 1 N–H and O–H groups in total. The van der Waals surface area contributed by atoms with Gasteiger partial charge in [0.25, 0.3) is 0 Å². The van der Waals surface area contributed by atoms with Gasteiger partial charge in [0.1, 0.15) is 0 Å². The second-order valence-corrected chi connectivity index (χ2v) is 4.81. The van der Waals surface area contributed by atoms with Crippen molar-refractivity contribution in [3.8, 4) is 0 Å². The summed E-state index contributed by atoms with van der Waals surface area (Å²) in [6.45, 7) is 5.58.